The molecule has 2 rings (SSSR count). The number of carbonyl (C=O) groups is 1. The van der Waals surface area contributed by atoms with Crippen molar-refractivity contribution in [3.63, 3.8) is 0 Å². The van der Waals surface area contributed by atoms with Crippen molar-refractivity contribution in [3.05, 3.63) is 51.5 Å². The summed E-state index contributed by atoms with van der Waals surface area (Å²) in [6.45, 7) is 3.13. The molecule has 0 unspecified atom stereocenters. The average Bonchev–Trinajstić information content (AvgIpc) is 2.50. The summed E-state index contributed by atoms with van der Waals surface area (Å²) >= 11 is 11.9. The van der Waals surface area contributed by atoms with Crippen molar-refractivity contribution in [1.82, 2.24) is 0 Å². The Morgan fingerprint density at radius 3 is 2.36 bits per heavy atom. The molecule has 0 bridgehead atoms. The van der Waals surface area contributed by atoms with Crippen LogP contribution in [0.4, 0.5) is 5.69 Å². The zero-order valence-electron chi connectivity index (χ0n) is 13.5. The van der Waals surface area contributed by atoms with Gasteiger partial charge >= 0.3 is 0 Å². The van der Waals surface area contributed by atoms with Gasteiger partial charge in [0.25, 0.3) is 5.91 Å². The molecule has 0 saturated heterocycles. The minimum atomic E-state index is -3.88. The fourth-order valence-corrected chi connectivity index (χ4v) is 3.19. The average molecular weight is 403 g/mol. The number of ether oxygens (including phenoxy) is 1. The number of carbonyl (C=O) groups excluding carboxylic acids is 1. The fourth-order valence-electron chi connectivity index (χ4n) is 2.06. The highest BCUT2D eigenvalue weighted by molar-refractivity contribution is 7.89. The SMILES string of the molecule is Cc1cc(S(N)(=O)=O)cc(NC(=O)COc2c(Cl)cccc2Cl)c1C. The Hall–Kier alpha value is -1.80. The molecule has 6 nitrogen and oxygen atoms in total. The number of primary sulfonamides is 1. The van der Waals surface area contributed by atoms with E-state index >= 15 is 0 Å². The number of benzene rings is 2. The van der Waals surface area contributed by atoms with Gasteiger partial charge in [0.2, 0.25) is 10.0 Å². The second kappa shape index (κ2) is 7.61. The Morgan fingerprint density at radius 1 is 1.20 bits per heavy atom. The number of nitrogens with two attached hydrogens (primary N) is 1. The molecule has 0 spiro atoms. The van der Waals surface area contributed by atoms with Crippen LogP contribution in [0.1, 0.15) is 11.1 Å². The number of halogens is 2. The molecule has 2 aromatic carbocycles. The fraction of sp³-hybridized carbons (Fsp3) is 0.188. The number of hydrogen-bond acceptors (Lipinski definition) is 4. The summed E-state index contributed by atoms with van der Waals surface area (Å²) in [6, 6.07) is 7.58. The Balaban J connectivity index is 2.17. The molecule has 0 radical (unpaired) electrons. The molecule has 9 heteroatoms. The van der Waals surface area contributed by atoms with E-state index in [9.17, 15) is 13.2 Å². The number of hydrogen-bond donors (Lipinski definition) is 2. The predicted molar refractivity (Wildman–Crippen MR) is 97.9 cm³/mol. The Morgan fingerprint density at radius 2 is 1.80 bits per heavy atom. The summed E-state index contributed by atoms with van der Waals surface area (Å²) < 4.78 is 28.4. The van der Waals surface area contributed by atoms with Crippen LogP contribution in [0, 0.1) is 13.8 Å². The zero-order valence-corrected chi connectivity index (χ0v) is 15.8. The number of aryl methyl sites for hydroxylation is 1. The maximum absolute atomic E-state index is 12.1. The molecule has 0 aliphatic heterocycles. The van der Waals surface area contributed by atoms with E-state index in [0.29, 0.717) is 11.3 Å². The first-order chi connectivity index (χ1) is 11.6. The first-order valence-corrected chi connectivity index (χ1v) is 9.40. The van der Waals surface area contributed by atoms with Crippen LogP contribution >= 0.6 is 23.2 Å². The van der Waals surface area contributed by atoms with Crippen molar-refractivity contribution in [3.8, 4) is 5.75 Å². The van der Waals surface area contributed by atoms with E-state index in [1.165, 1.54) is 12.1 Å². The van der Waals surface area contributed by atoms with Gasteiger partial charge in [0.1, 0.15) is 0 Å². The standard InChI is InChI=1S/C16H16Cl2N2O4S/c1-9-6-11(25(19,22)23)7-14(10(9)2)20-15(21)8-24-16-12(17)4-3-5-13(16)18/h3-7H,8H2,1-2H3,(H,20,21)(H2,19,22,23). The van der Waals surface area contributed by atoms with Crippen molar-refractivity contribution >= 4 is 44.8 Å². The van der Waals surface area contributed by atoms with Gasteiger partial charge in [-0.3, -0.25) is 4.79 Å². The number of sulfonamides is 1. The molecule has 134 valence electrons. The third-order valence-electron chi connectivity index (χ3n) is 3.51. The molecular weight excluding hydrogens is 387 g/mol. The van der Waals surface area contributed by atoms with Gasteiger partial charge in [0, 0.05) is 5.69 Å². The number of para-hydroxylation sites is 1. The van der Waals surface area contributed by atoms with Crippen LogP contribution in [0.25, 0.3) is 0 Å². The third kappa shape index (κ3) is 4.85. The van der Waals surface area contributed by atoms with Crippen LogP contribution in [0.2, 0.25) is 10.0 Å². The van der Waals surface area contributed by atoms with Crippen LogP contribution in [0.5, 0.6) is 5.75 Å². The molecule has 0 fully saturated rings. The number of nitrogens with one attached hydrogen (secondary N) is 1. The van der Waals surface area contributed by atoms with Crippen molar-refractivity contribution in [2.45, 2.75) is 18.7 Å². The van der Waals surface area contributed by atoms with E-state index in [1.807, 2.05) is 0 Å². The quantitative estimate of drug-likeness (QED) is 0.801. The van der Waals surface area contributed by atoms with Gasteiger partial charge < -0.3 is 10.1 Å². The molecule has 0 aliphatic rings. The minimum Gasteiger partial charge on any atom is -0.481 e. The van der Waals surface area contributed by atoms with Crippen molar-refractivity contribution in [2.24, 2.45) is 5.14 Å². The van der Waals surface area contributed by atoms with E-state index in [4.69, 9.17) is 33.1 Å². The number of rotatable bonds is 5. The lowest BCUT2D eigenvalue weighted by Gasteiger charge is -2.14. The summed E-state index contributed by atoms with van der Waals surface area (Å²) in [5.74, 6) is -0.294. The van der Waals surface area contributed by atoms with Gasteiger partial charge in [-0.2, -0.15) is 0 Å². The lowest BCUT2D eigenvalue weighted by Crippen LogP contribution is -2.21. The molecule has 3 N–H and O–H groups in total. The topological polar surface area (TPSA) is 98.5 Å². The van der Waals surface area contributed by atoms with E-state index in [2.05, 4.69) is 5.32 Å². The highest BCUT2D eigenvalue weighted by Crippen LogP contribution is 2.32. The Kier molecular flexibility index (Phi) is 5.95. The van der Waals surface area contributed by atoms with Crippen molar-refractivity contribution in [2.75, 3.05) is 11.9 Å². The Labute approximate surface area is 155 Å². The predicted octanol–water partition coefficient (Wildman–Crippen LogP) is 3.28. The molecule has 2 aromatic rings. The smallest absolute Gasteiger partial charge is 0.262 e. The van der Waals surface area contributed by atoms with Gasteiger partial charge in [0.05, 0.1) is 14.9 Å². The van der Waals surface area contributed by atoms with Gasteiger partial charge in [0.15, 0.2) is 12.4 Å². The first kappa shape index (κ1) is 19.5. The molecule has 0 saturated carbocycles. The van der Waals surface area contributed by atoms with Crippen LogP contribution in [-0.4, -0.2) is 20.9 Å². The highest BCUT2D eigenvalue weighted by Gasteiger charge is 2.15. The second-order valence-corrected chi connectivity index (χ2v) is 7.72. The van der Waals surface area contributed by atoms with Crippen LogP contribution in [0.3, 0.4) is 0 Å². The summed E-state index contributed by atoms with van der Waals surface area (Å²) in [7, 11) is -3.88. The van der Waals surface area contributed by atoms with Crippen molar-refractivity contribution < 1.29 is 17.9 Å². The number of amides is 1. The molecule has 0 heterocycles. The van der Waals surface area contributed by atoms with E-state index < -0.39 is 15.9 Å². The Bertz CT molecular complexity index is 910. The normalized spacial score (nSPS) is 11.2. The third-order valence-corrected chi connectivity index (χ3v) is 5.00. The van der Waals surface area contributed by atoms with Gasteiger partial charge in [-0.05, 0) is 49.2 Å². The van der Waals surface area contributed by atoms with Crippen molar-refractivity contribution in [1.29, 1.82) is 0 Å². The van der Waals surface area contributed by atoms with Gasteiger partial charge in [-0.25, -0.2) is 13.6 Å². The molecular formula is C16H16Cl2N2O4S. The lowest BCUT2D eigenvalue weighted by atomic mass is 10.1. The highest BCUT2D eigenvalue weighted by atomic mass is 35.5. The zero-order chi connectivity index (χ0) is 18.8. The summed E-state index contributed by atoms with van der Waals surface area (Å²) in [6.07, 6.45) is 0. The van der Waals surface area contributed by atoms with Gasteiger partial charge in [-0.1, -0.05) is 29.3 Å². The van der Waals surface area contributed by atoms with Crippen LogP contribution in [0.15, 0.2) is 35.2 Å². The van der Waals surface area contributed by atoms with E-state index in [-0.39, 0.29) is 27.3 Å². The van der Waals surface area contributed by atoms with E-state index in [1.54, 1.807) is 32.0 Å². The summed E-state index contributed by atoms with van der Waals surface area (Å²) in [5.41, 5.74) is 1.73. The molecule has 25 heavy (non-hydrogen) atoms. The molecule has 1 amide bonds. The first-order valence-electron chi connectivity index (χ1n) is 7.10. The van der Waals surface area contributed by atoms with Gasteiger partial charge in [-0.15, -0.1) is 0 Å². The van der Waals surface area contributed by atoms with Crippen LogP contribution in [-0.2, 0) is 14.8 Å². The summed E-state index contributed by atoms with van der Waals surface area (Å²) in [5, 5.41) is 8.31. The molecule has 0 aliphatic carbocycles. The van der Waals surface area contributed by atoms with Crippen LogP contribution < -0.4 is 15.2 Å². The lowest BCUT2D eigenvalue weighted by molar-refractivity contribution is -0.118. The maximum atomic E-state index is 12.1. The maximum Gasteiger partial charge on any atom is 0.262 e. The monoisotopic (exact) mass is 402 g/mol. The molecule has 0 atom stereocenters. The number of anilines is 1. The largest absolute Gasteiger partial charge is 0.481 e. The minimum absolute atomic E-state index is 0.0824. The molecule has 0 aromatic heterocycles. The second-order valence-electron chi connectivity index (χ2n) is 5.35. The summed E-state index contributed by atoms with van der Waals surface area (Å²) in [4.78, 5) is 12.0. The van der Waals surface area contributed by atoms with E-state index in [0.717, 1.165) is 5.56 Å².